The Kier molecular flexibility index (Phi) is 9.75. The van der Waals surface area contributed by atoms with Gasteiger partial charge >= 0.3 is 11.7 Å². The number of piperidine rings is 1. The third-order valence-electron chi connectivity index (χ3n) is 7.45. The molecule has 41 heavy (non-hydrogen) atoms. The molecule has 8 nitrogen and oxygen atoms in total. The molecular formula is C31H34ClFN4O4. The molecule has 0 saturated carbocycles. The normalized spacial score (nSPS) is 14.2. The van der Waals surface area contributed by atoms with Crippen LogP contribution in [-0.4, -0.2) is 64.6 Å². The van der Waals surface area contributed by atoms with Gasteiger partial charge in [0.15, 0.2) is 5.78 Å². The molecule has 0 aliphatic carbocycles. The minimum atomic E-state index is -0.436. The highest BCUT2D eigenvalue weighted by atomic mass is 35.5. The molecule has 0 spiro atoms. The van der Waals surface area contributed by atoms with E-state index < -0.39 is 5.97 Å². The van der Waals surface area contributed by atoms with Crippen molar-refractivity contribution in [3.63, 3.8) is 0 Å². The molecular weight excluding hydrogens is 547 g/mol. The Morgan fingerprint density at radius 2 is 1.44 bits per heavy atom. The van der Waals surface area contributed by atoms with E-state index in [-0.39, 0.29) is 35.6 Å². The van der Waals surface area contributed by atoms with Crippen LogP contribution in [-0.2, 0) is 17.9 Å². The second kappa shape index (κ2) is 13.2. The van der Waals surface area contributed by atoms with Crippen molar-refractivity contribution in [1.29, 1.82) is 0 Å². The van der Waals surface area contributed by atoms with Crippen LogP contribution < -0.4 is 5.69 Å². The minimum absolute atomic E-state index is 0. The van der Waals surface area contributed by atoms with Gasteiger partial charge in [-0.15, -0.1) is 17.5 Å². The fraction of sp³-hybridized carbons (Fsp3) is 0.323. The van der Waals surface area contributed by atoms with Crippen molar-refractivity contribution in [1.82, 2.24) is 19.1 Å². The summed E-state index contributed by atoms with van der Waals surface area (Å²) in [5, 5.41) is 1.35. The molecule has 0 amide bonds. The van der Waals surface area contributed by atoms with Gasteiger partial charge in [-0.1, -0.05) is 24.3 Å². The van der Waals surface area contributed by atoms with Crippen LogP contribution in [0.15, 0.2) is 77.6 Å². The number of hydrogen-bond acceptors (Lipinski definition) is 6. The van der Waals surface area contributed by atoms with Crippen LogP contribution in [0.1, 0.15) is 39.1 Å². The molecule has 1 aromatic heterocycles. The van der Waals surface area contributed by atoms with E-state index >= 15 is 0 Å². The number of Topliss-reactive ketones (excluding diaryl/α,β-unsaturated/α-hetero) is 1. The standard InChI is InChI=1S/C31H33FN4O4.ClH/c1-33(2)40-30(38)25-9-7-22(8-10-25)21-36-28-6-4-3-5-27(28)35(31(36)39)20-19-34-17-15-24(16-18-34)29(37)23-11-13-26(32)14-12-23;/h3-14,24H,15-21H2,1-2H3;1H. The van der Waals surface area contributed by atoms with Gasteiger partial charge in [0.2, 0.25) is 0 Å². The Morgan fingerprint density at radius 1 is 0.854 bits per heavy atom. The Balaban J connectivity index is 0.00000387. The molecule has 0 bridgehead atoms. The molecule has 0 N–H and O–H groups in total. The lowest BCUT2D eigenvalue weighted by Gasteiger charge is -2.31. The lowest BCUT2D eigenvalue weighted by Crippen LogP contribution is -2.39. The smallest absolute Gasteiger partial charge is 0.356 e. The zero-order valence-corrected chi connectivity index (χ0v) is 24.0. The van der Waals surface area contributed by atoms with Crippen LogP contribution in [0, 0.1) is 11.7 Å². The van der Waals surface area contributed by atoms with E-state index in [0.717, 1.165) is 42.5 Å². The predicted molar refractivity (Wildman–Crippen MR) is 158 cm³/mol. The molecule has 0 unspecified atom stereocenters. The molecule has 3 aromatic carbocycles. The Labute approximate surface area is 244 Å². The van der Waals surface area contributed by atoms with Gasteiger partial charge in [-0.25, -0.2) is 14.0 Å². The maximum absolute atomic E-state index is 13.5. The first kappa shape index (κ1) is 30.2. The van der Waals surface area contributed by atoms with Crippen molar-refractivity contribution in [2.75, 3.05) is 33.7 Å². The number of carbonyl (C=O) groups excluding carboxylic acids is 2. The van der Waals surface area contributed by atoms with E-state index in [1.807, 2.05) is 41.0 Å². The number of likely N-dealkylation sites (tertiary alicyclic amines) is 1. The van der Waals surface area contributed by atoms with Crippen LogP contribution in [0.25, 0.3) is 11.0 Å². The van der Waals surface area contributed by atoms with Crippen molar-refractivity contribution in [3.8, 4) is 0 Å². The van der Waals surface area contributed by atoms with Crippen molar-refractivity contribution in [3.05, 3.63) is 106 Å². The lowest BCUT2D eigenvalue weighted by atomic mass is 9.89. The molecule has 1 saturated heterocycles. The van der Waals surface area contributed by atoms with Gasteiger partial charge in [0.05, 0.1) is 23.1 Å². The second-order valence-corrected chi connectivity index (χ2v) is 10.4. The highest BCUT2D eigenvalue weighted by Gasteiger charge is 2.26. The van der Waals surface area contributed by atoms with Crippen LogP contribution in [0.2, 0.25) is 0 Å². The van der Waals surface area contributed by atoms with Crippen LogP contribution in [0.3, 0.4) is 0 Å². The first-order valence-corrected chi connectivity index (χ1v) is 13.5. The topological polar surface area (TPSA) is 76.8 Å². The third kappa shape index (κ3) is 6.93. The van der Waals surface area contributed by atoms with E-state index in [4.69, 9.17) is 4.84 Å². The zero-order valence-electron chi connectivity index (χ0n) is 23.2. The quantitative estimate of drug-likeness (QED) is 0.212. The summed E-state index contributed by atoms with van der Waals surface area (Å²) in [5.41, 5.74) is 3.54. The number of imidazole rings is 1. The van der Waals surface area contributed by atoms with Gasteiger partial charge in [0.25, 0.3) is 0 Å². The summed E-state index contributed by atoms with van der Waals surface area (Å²) in [6.07, 6.45) is 1.48. The lowest BCUT2D eigenvalue weighted by molar-refractivity contribution is -0.0713. The molecule has 1 fully saturated rings. The Bertz CT molecular complexity index is 1560. The van der Waals surface area contributed by atoms with Crippen LogP contribution in [0.5, 0.6) is 0 Å². The SMILES string of the molecule is CN(C)OC(=O)c1ccc(Cn2c(=O)n(CCN3CCC(C(=O)c4ccc(F)cc4)CC3)c3ccccc32)cc1.Cl. The molecule has 216 valence electrons. The van der Waals surface area contributed by atoms with Crippen LogP contribution >= 0.6 is 12.4 Å². The van der Waals surface area contributed by atoms with E-state index in [0.29, 0.717) is 30.8 Å². The first-order chi connectivity index (χ1) is 19.3. The summed E-state index contributed by atoms with van der Waals surface area (Å²) < 4.78 is 16.8. The van der Waals surface area contributed by atoms with E-state index in [2.05, 4.69) is 4.90 Å². The summed E-state index contributed by atoms with van der Waals surface area (Å²) >= 11 is 0. The zero-order chi connectivity index (χ0) is 28.2. The number of hydroxylamine groups is 2. The molecule has 2 heterocycles. The largest absolute Gasteiger partial charge is 0.364 e. The van der Waals surface area contributed by atoms with Crippen molar-refractivity contribution in [2.24, 2.45) is 5.92 Å². The number of ketones is 1. The number of carbonyl (C=O) groups is 2. The number of fused-ring (bicyclic) bond motifs is 1. The number of benzene rings is 3. The van der Waals surface area contributed by atoms with Crippen molar-refractivity contribution < 1.29 is 18.8 Å². The molecule has 0 radical (unpaired) electrons. The third-order valence-corrected chi connectivity index (χ3v) is 7.45. The predicted octanol–water partition coefficient (Wildman–Crippen LogP) is 4.64. The number of para-hydroxylation sites is 2. The highest BCUT2D eigenvalue weighted by Crippen LogP contribution is 2.22. The van der Waals surface area contributed by atoms with Gasteiger partial charge in [0, 0.05) is 38.7 Å². The molecule has 0 atom stereocenters. The fourth-order valence-corrected chi connectivity index (χ4v) is 5.30. The summed E-state index contributed by atoms with van der Waals surface area (Å²) in [5.74, 6) is -0.777. The number of aromatic nitrogens is 2. The fourth-order valence-electron chi connectivity index (χ4n) is 5.30. The number of rotatable bonds is 9. The van der Waals surface area contributed by atoms with Gasteiger partial charge in [-0.2, -0.15) is 0 Å². The van der Waals surface area contributed by atoms with Crippen LogP contribution in [0.4, 0.5) is 4.39 Å². The van der Waals surface area contributed by atoms with Gasteiger partial charge < -0.3 is 9.74 Å². The molecule has 1 aliphatic rings. The van der Waals surface area contributed by atoms with Gasteiger partial charge in [-0.05, 0) is 80.0 Å². The van der Waals surface area contributed by atoms with Crippen molar-refractivity contribution in [2.45, 2.75) is 25.9 Å². The maximum Gasteiger partial charge on any atom is 0.356 e. The van der Waals surface area contributed by atoms with E-state index in [9.17, 15) is 18.8 Å². The summed E-state index contributed by atoms with van der Waals surface area (Å²) in [7, 11) is 3.29. The monoisotopic (exact) mass is 580 g/mol. The molecule has 10 heteroatoms. The maximum atomic E-state index is 13.5. The Hall–Kier alpha value is -3.79. The molecule has 1 aliphatic heterocycles. The second-order valence-electron chi connectivity index (χ2n) is 10.4. The average molecular weight is 581 g/mol. The minimum Gasteiger partial charge on any atom is -0.364 e. The number of hydrogen-bond donors (Lipinski definition) is 0. The summed E-state index contributed by atoms with van der Waals surface area (Å²) in [6.45, 7) is 3.17. The van der Waals surface area contributed by atoms with E-state index in [1.54, 1.807) is 42.9 Å². The number of halogens is 2. The first-order valence-electron chi connectivity index (χ1n) is 13.5. The van der Waals surface area contributed by atoms with Gasteiger partial charge in [0.1, 0.15) is 5.82 Å². The highest BCUT2D eigenvalue weighted by molar-refractivity contribution is 5.97. The summed E-state index contributed by atoms with van der Waals surface area (Å²) in [4.78, 5) is 45.9. The van der Waals surface area contributed by atoms with E-state index in [1.165, 1.54) is 17.2 Å². The number of nitrogens with zero attached hydrogens (tertiary/aromatic N) is 4. The molecule has 5 rings (SSSR count). The Morgan fingerprint density at radius 3 is 2.05 bits per heavy atom. The average Bonchev–Trinajstić information content (AvgIpc) is 3.22. The van der Waals surface area contributed by atoms with Crippen molar-refractivity contribution >= 4 is 35.2 Å². The van der Waals surface area contributed by atoms with Gasteiger partial charge in [-0.3, -0.25) is 13.9 Å². The molecule has 4 aromatic rings. The summed E-state index contributed by atoms with van der Waals surface area (Å²) in [6, 6.07) is 20.6.